The third kappa shape index (κ3) is 3.28. The number of phenolic OH excluding ortho intramolecular Hbond substituents is 1. The second-order valence-corrected chi connectivity index (χ2v) is 3.13. The van der Waals surface area contributed by atoms with Crippen molar-refractivity contribution in [3.63, 3.8) is 0 Å². The highest BCUT2D eigenvalue weighted by atomic mass is 16.3. The Morgan fingerprint density at radius 3 is 2.54 bits per heavy atom. The number of aliphatic imine (C=N–C) groups is 1. The van der Waals surface area contributed by atoms with Crippen LogP contribution in [0.25, 0.3) is 0 Å². The zero-order valence-corrected chi connectivity index (χ0v) is 8.07. The van der Waals surface area contributed by atoms with Crippen molar-refractivity contribution in [3.05, 3.63) is 29.8 Å². The van der Waals surface area contributed by atoms with Gasteiger partial charge in [-0.3, -0.25) is 4.99 Å². The molecule has 0 aromatic heterocycles. The topological polar surface area (TPSA) is 32.6 Å². The molecule has 0 aliphatic rings. The van der Waals surface area contributed by atoms with Crippen LogP contribution in [-0.4, -0.2) is 17.4 Å². The highest BCUT2D eigenvalue weighted by molar-refractivity contribution is 5.79. The molecule has 1 atom stereocenters. The molecule has 1 aromatic rings. The Morgan fingerprint density at radius 2 is 2.00 bits per heavy atom. The summed E-state index contributed by atoms with van der Waals surface area (Å²) in [4.78, 5) is 4.34. The highest BCUT2D eigenvalue weighted by Gasteiger charge is 1.92. The van der Waals surface area contributed by atoms with Crippen LogP contribution in [0.2, 0.25) is 0 Å². The molecular formula is C11H15NO. The lowest BCUT2D eigenvalue weighted by atomic mass is 10.2. The van der Waals surface area contributed by atoms with Gasteiger partial charge in [0.1, 0.15) is 5.75 Å². The van der Waals surface area contributed by atoms with Crippen LogP contribution in [0, 0.1) is 0 Å². The fourth-order valence-electron chi connectivity index (χ4n) is 0.879. The summed E-state index contributed by atoms with van der Waals surface area (Å²) in [5.41, 5.74) is 1.03. The minimum Gasteiger partial charge on any atom is -0.508 e. The van der Waals surface area contributed by atoms with E-state index in [2.05, 4.69) is 18.8 Å². The fourth-order valence-corrected chi connectivity index (χ4v) is 0.879. The van der Waals surface area contributed by atoms with Crippen LogP contribution >= 0.6 is 0 Å². The fraction of sp³-hybridized carbons (Fsp3) is 0.364. The van der Waals surface area contributed by atoms with E-state index in [0.717, 1.165) is 12.0 Å². The Hall–Kier alpha value is -1.31. The van der Waals surface area contributed by atoms with Crippen molar-refractivity contribution in [1.82, 2.24) is 0 Å². The summed E-state index contributed by atoms with van der Waals surface area (Å²) in [6.45, 7) is 4.19. The highest BCUT2D eigenvalue weighted by Crippen LogP contribution is 2.08. The Balaban J connectivity index is 2.64. The average Bonchev–Trinajstić information content (AvgIpc) is 2.16. The molecule has 0 spiro atoms. The number of hydrogen-bond donors (Lipinski definition) is 1. The lowest BCUT2D eigenvalue weighted by molar-refractivity contribution is 0.475. The van der Waals surface area contributed by atoms with Gasteiger partial charge >= 0.3 is 0 Å². The Labute approximate surface area is 78.9 Å². The van der Waals surface area contributed by atoms with Crippen LogP contribution in [-0.2, 0) is 0 Å². The molecule has 0 amide bonds. The summed E-state index contributed by atoms with van der Waals surface area (Å²) in [5, 5.41) is 9.04. The number of aromatic hydroxyl groups is 1. The van der Waals surface area contributed by atoms with Crippen LogP contribution in [0.3, 0.4) is 0 Å². The quantitative estimate of drug-likeness (QED) is 0.707. The van der Waals surface area contributed by atoms with Gasteiger partial charge in [-0.1, -0.05) is 6.92 Å². The number of phenols is 1. The SMILES string of the molecule is CCC(C)N=Cc1ccc(O)cc1. The molecular weight excluding hydrogens is 162 g/mol. The summed E-state index contributed by atoms with van der Waals surface area (Å²) in [6.07, 6.45) is 2.89. The molecule has 1 N–H and O–H groups in total. The monoisotopic (exact) mass is 177 g/mol. The van der Waals surface area contributed by atoms with Crippen LogP contribution in [0.15, 0.2) is 29.3 Å². The maximum Gasteiger partial charge on any atom is 0.115 e. The van der Waals surface area contributed by atoms with E-state index in [9.17, 15) is 0 Å². The average molecular weight is 177 g/mol. The normalized spacial score (nSPS) is 13.4. The van der Waals surface area contributed by atoms with Crippen LogP contribution in [0.4, 0.5) is 0 Å². The van der Waals surface area contributed by atoms with Gasteiger partial charge in [0.05, 0.1) is 0 Å². The van der Waals surface area contributed by atoms with Crippen LogP contribution in [0.5, 0.6) is 5.75 Å². The second-order valence-electron chi connectivity index (χ2n) is 3.13. The molecule has 70 valence electrons. The number of nitrogens with zero attached hydrogens (tertiary/aromatic N) is 1. The largest absolute Gasteiger partial charge is 0.508 e. The van der Waals surface area contributed by atoms with Crippen molar-refractivity contribution < 1.29 is 5.11 Å². The van der Waals surface area contributed by atoms with Gasteiger partial charge in [-0.25, -0.2) is 0 Å². The first-order valence-electron chi connectivity index (χ1n) is 4.54. The number of rotatable bonds is 3. The van der Waals surface area contributed by atoms with E-state index < -0.39 is 0 Å². The summed E-state index contributed by atoms with van der Waals surface area (Å²) < 4.78 is 0. The summed E-state index contributed by atoms with van der Waals surface area (Å²) in [7, 11) is 0. The van der Waals surface area contributed by atoms with Gasteiger partial charge in [0.25, 0.3) is 0 Å². The minimum absolute atomic E-state index is 0.292. The van der Waals surface area contributed by atoms with Crippen LogP contribution < -0.4 is 0 Å². The molecule has 1 unspecified atom stereocenters. The summed E-state index contributed by atoms with van der Waals surface area (Å²) in [5.74, 6) is 0.292. The molecule has 0 saturated heterocycles. The van der Waals surface area contributed by atoms with Crippen molar-refractivity contribution in [2.75, 3.05) is 0 Å². The van der Waals surface area contributed by atoms with E-state index in [0.29, 0.717) is 11.8 Å². The first-order valence-corrected chi connectivity index (χ1v) is 4.54. The molecule has 1 aromatic carbocycles. The smallest absolute Gasteiger partial charge is 0.115 e. The van der Waals surface area contributed by atoms with Gasteiger partial charge in [-0.05, 0) is 43.2 Å². The van der Waals surface area contributed by atoms with Gasteiger partial charge in [0.2, 0.25) is 0 Å². The summed E-state index contributed by atoms with van der Waals surface area (Å²) in [6, 6.07) is 7.40. The van der Waals surface area contributed by atoms with E-state index in [-0.39, 0.29) is 0 Å². The molecule has 1 rings (SSSR count). The third-order valence-electron chi connectivity index (χ3n) is 1.96. The maximum absolute atomic E-state index is 9.04. The van der Waals surface area contributed by atoms with E-state index in [1.54, 1.807) is 12.1 Å². The zero-order valence-electron chi connectivity index (χ0n) is 8.07. The first-order chi connectivity index (χ1) is 6.22. The summed E-state index contributed by atoms with van der Waals surface area (Å²) >= 11 is 0. The van der Waals surface area contributed by atoms with E-state index >= 15 is 0 Å². The van der Waals surface area contributed by atoms with E-state index in [4.69, 9.17) is 5.11 Å². The van der Waals surface area contributed by atoms with E-state index in [1.165, 1.54) is 0 Å². The zero-order chi connectivity index (χ0) is 9.68. The van der Waals surface area contributed by atoms with Crippen molar-refractivity contribution in [1.29, 1.82) is 0 Å². The molecule has 2 heteroatoms. The molecule has 0 saturated carbocycles. The van der Waals surface area contributed by atoms with Crippen molar-refractivity contribution in [2.24, 2.45) is 4.99 Å². The van der Waals surface area contributed by atoms with Gasteiger partial charge < -0.3 is 5.11 Å². The predicted octanol–water partition coefficient (Wildman–Crippen LogP) is 2.61. The Kier molecular flexibility index (Phi) is 3.50. The lowest BCUT2D eigenvalue weighted by Gasteiger charge is -1.99. The number of hydrogen-bond acceptors (Lipinski definition) is 2. The Morgan fingerprint density at radius 1 is 1.38 bits per heavy atom. The maximum atomic E-state index is 9.04. The van der Waals surface area contributed by atoms with Gasteiger partial charge in [-0.15, -0.1) is 0 Å². The van der Waals surface area contributed by atoms with Gasteiger partial charge in [0, 0.05) is 12.3 Å². The van der Waals surface area contributed by atoms with Gasteiger partial charge in [-0.2, -0.15) is 0 Å². The molecule has 0 bridgehead atoms. The molecule has 13 heavy (non-hydrogen) atoms. The molecule has 2 nitrogen and oxygen atoms in total. The van der Waals surface area contributed by atoms with Crippen molar-refractivity contribution in [2.45, 2.75) is 26.3 Å². The van der Waals surface area contributed by atoms with Gasteiger partial charge in [0.15, 0.2) is 0 Å². The third-order valence-corrected chi connectivity index (χ3v) is 1.96. The molecule has 0 fully saturated rings. The minimum atomic E-state index is 0.292. The Bertz CT molecular complexity index is 277. The molecule has 0 aliphatic carbocycles. The molecule has 0 radical (unpaired) electrons. The molecule has 0 heterocycles. The first kappa shape index (κ1) is 9.78. The van der Waals surface area contributed by atoms with E-state index in [1.807, 2.05) is 18.3 Å². The number of benzene rings is 1. The standard InChI is InChI=1S/C11H15NO/c1-3-9(2)12-8-10-4-6-11(13)7-5-10/h4-9,13H,3H2,1-2H3. The molecule has 0 aliphatic heterocycles. The van der Waals surface area contributed by atoms with Crippen LogP contribution in [0.1, 0.15) is 25.8 Å². The lowest BCUT2D eigenvalue weighted by Crippen LogP contribution is -1.94. The second kappa shape index (κ2) is 4.65. The van der Waals surface area contributed by atoms with Crippen molar-refractivity contribution in [3.8, 4) is 5.75 Å². The van der Waals surface area contributed by atoms with Crippen molar-refractivity contribution >= 4 is 6.21 Å². The predicted molar refractivity (Wildman–Crippen MR) is 55.5 cm³/mol.